The van der Waals surface area contributed by atoms with Crippen LogP contribution < -0.4 is 0 Å². The SMILES string of the molecule is O=C(Cn1cnc(-c2cccc([N+](=O)[O-])c2)n1)N1CCCCCCC1. The van der Waals surface area contributed by atoms with Crippen LogP contribution in [0, 0.1) is 10.1 Å². The number of nitro benzene ring substituents is 1. The predicted molar refractivity (Wildman–Crippen MR) is 91.8 cm³/mol. The molecular weight excluding hydrogens is 322 g/mol. The topological polar surface area (TPSA) is 94.2 Å². The van der Waals surface area contributed by atoms with E-state index >= 15 is 0 Å². The van der Waals surface area contributed by atoms with E-state index in [9.17, 15) is 14.9 Å². The molecule has 2 heterocycles. The second-order valence-corrected chi connectivity index (χ2v) is 6.22. The predicted octanol–water partition coefficient (Wildman–Crippen LogP) is 2.65. The van der Waals surface area contributed by atoms with E-state index in [1.807, 2.05) is 4.90 Å². The smallest absolute Gasteiger partial charge is 0.270 e. The van der Waals surface area contributed by atoms with E-state index in [0.717, 1.165) is 25.9 Å². The third-order valence-corrected chi connectivity index (χ3v) is 4.36. The number of aromatic nitrogens is 3. The fourth-order valence-electron chi connectivity index (χ4n) is 3.00. The number of benzene rings is 1. The second-order valence-electron chi connectivity index (χ2n) is 6.22. The molecular formula is C17H21N5O3. The Bertz CT molecular complexity index is 750. The maximum atomic E-state index is 12.5. The first-order valence-corrected chi connectivity index (χ1v) is 8.55. The van der Waals surface area contributed by atoms with Crippen LogP contribution in [0.3, 0.4) is 0 Å². The number of rotatable bonds is 4. The summed E-state index contributed by atoms with van der Waals surface area (Å²) < 4.78 is 1.50. The van der Waals surface area contributed by atoms with Gasteiger partial charge < -0.3 is 4.90 Å². The summed E-state index contributed by atoms with van der Waals surface area (Å²) in [6.45, 7) is 1.73. The van der Waals surface area contributed by atoms with Crippen molar-refractivity contribution in [3.8, 4) is 11.4 Å². The van der Waals surface area contributed by atoms with Gasteiger partial charge in [0, 0.05) is 30.8 Å². The molecule has 0 bridgehead atoms. The molecule has 1 aromatic carbocycles. The van der Waals surface area contributed by atoms with Gasteiger partial charge in [0.2, 0.25) is 5.91 Å². The van der Waals surface area contributed by atoms with Gasteiger partial charge in [0.05, 0.1) is 4.92 Å². The fraction of sp³-hybridized carbons (Fsp3) is 0.471. The van der Waals surface area contributed by atoms with Crippen LogP contribution in [0.4, 0.5) is 5.69 Å². The first-order chi connectivity index (χ1) is 12.1. The average molecular weight is 343 g/mol. The number of likely N-dealkylation sites (tertiary alicyclic amines) is 1. The number of carbonyl (C=O) groups is 1. The summed E-state index contributed by atoms with van der Waals surface area (Å²) in [5.74, 6) is 0.418. The van der Waals surface area contributed by atoms with Gasteiger partial charge in [0.1, 0.15) is 12.9 Å². The van der Waals surface area contributed by atoms with E-state index in [-0.39, 0.29) is 18.1 Å². The molecule has 0 aliphatic carbocycles. The molecule has 1 aliphatic heterocycles. The zero-order valence-corrected chi connectivity index (χ0v) is 14.0. The lowest BCUT2D eigenvalue weighted by molar-refractivity contribution is -0.384. The molecule has 1 saturated heterocycles. The van der Waals surface area contributed by atoms with E-state index in [4.69, 9.17) is 0 Å². The molecule has 1 aliphatic rings. The molecule has 1 amide bonds. The van der Waals surface area contributed by atoms with Gasteiger partial charge in [-0.3, -0.25) is 14.9 Å². The lowest BCUT2D eigenvalue weighted by Crippen LogP contribution is -2.36. The van der Waals surface area contributed by atoms with Gasteiger partial charge in [0.15, 0.2) is 5.82 Å². The highest BCUT2D eigenvalue weighted by Crippen LogP contribution is 2.20. The number of hydrogen-bond acceptors (Lipinski definition) is 5. The summed E-state index contributed by atoms with van der Waals surface area (Å²) in [6, 6.07) is 6.16. The van der Waals surface area contributed by atoms with Crippen molar-refractivity contribution in [2.75, 3.05) is 13.1 Å². The summed E-state index contributed by atoms with van der Waals surface area (Å²) in [7, 11) is 0. The van der Waals surface area contributed by atoms with Crippen LogP contribution >= 0.6 is 0 Å². The molecule has 1 fully saturated rings. The molecule has 25 heavy (non-hydrogen) atoms. The minimum atomic E-state index is -0.452. The van der Waals surface area contributed by atoms with Crippen molar-refractivity contribution in [2.45, 2.75) is 38.6 Å². The van der Waals surface area contributed by atoms with Crippen LogP contribution in [0.15, 0.2) is 30.6 Å². The number of non-ortho nitro benzene ring substituents is 1. The Labute approximate surface area is 145 Å². The zero-order valence-electron chi connectivity index (χ0n) is 14.0. The Balaban J connectivity index is 1.67. The molecule has 0 atom stereocenters. The summed E-state index contributed by atoms with van der Waals surface area (Å²) in [5.41, 5.74) is 0.553. The molecule has 8 heteroatoms. The highest BCUT2D eigenvalue weighted by atomic mass is 16.6. The average Bonchev–Trinajstić information content (AvgIpc) is 3.03. The summed E-state index contributed by atoms with van der Waals surface area (Å²) in [4.78, 5) is 29.0. The molecule has 0 spiro atoms. The molecule has 0 unspecified atom stereocenters. The van der Waals surface area contributed by atoms with Gasteiger partial charge in [-0.1, -0.05) is 31.4 Å². The maximum absolute atomic E-state index is 12.5. The molecule has 1 aromatic heterocycles. The van der Waals surface area contributed by atoms with Crippen LogP contribution in [0.1, 0.15) is 32.1 Å². The molecule has 132 valence electrons. The van der Waals surface area contributed by atoms with Crippen molar-refractivity contribution in [3.05, 3.63) is 40.7 Å². The Hall–Kier alpha value is -2.77. The Kier molecular flexibility index (Phi) is 5.37. The number of nitrogens with zero attached hydrogens (tertiary/aromatic N) is 5. The van der Waals surface area contributed by atoms with Gasteiger partial charge in [-0.25, -0.2) is 9.67 Å². The maximum Gasteiger partial charge on any atom is 0.270 e. The number of carbonyl (C=O) groups excluding carboxylic acids is 1. The monoisotopic (exact) mass is 343 g/mol. The number of hydrogen-bond donors (Lipinski definition) is 0. The van der Waals surface area contributed by atoms with Crippen molar-refractivity contribution in [1.82, 2.24) is 19.7 Å². The molecule has 0 saturated carbocycles. The van der Waals surface area contributed by atoms with Gasteiger partial charge in [-0.15, -0.1) is 0 Å². The van der Waals surface area contributed by atoms with Crippen molar-refractivity contribution in [1.29, 1.82) is 0 Å². The summed E-state index contributed by atoms with van der Waals surface area (Å²) in [5, 5.41) is 15.2. The van der Waals surface area contributed by atoms with Crippen molar-refractivity contribution < 1.29 is 9.72 Å². The third kappa shape index (κ3) is 4.40. The minimum absolute atomic E-state index is 0.00874. The van der Waals surface area contributed by atoms with Gasteiger partial charge in [0.25, 0.3) is 5.69 Å². The quantitative estimate of drug-likeness (QED) is 0.628. The lowest BCUT2D eigenvalue weighted by Gasteiger charge is -2.24. The number of nitro groups is 1. The molecule has 0 radical (unpaired) electrons. The second kappa shape index (κ2) is 7.87. The van der Waals surface area contributed by atoms with E-state index in [1.165, 1.54) is 42.4 Å². The largest absolute Gasteiger partial charge is 0.341 e. The molecule has 8 nitrogen and oxygen atoms in total. The highest BCUT2D eigenvalue weighted by molar-refractivity contribution is 5.76. The van der Waals surface area contributed by atoms with E-state index < -0.39 is 4.92 Å². The van der Waals surface area contributed by atoms with E-state index in [2.05, 4.69) is 10.1 Å². The van der Waals surface area contributed by atoms with E-state index in [1.54, 1.807) is 12.1 Å². The third-order valence-electron chi connectivity index (χ3n) is 4.36. The van der Waals surface area contributed by atoms with Crippen LogP contribution in [0.5, 0.6) is 0 Å². The highest BCUT2D eigenvalue weighted by Gasteiger charge is 2.16. The summed E-state index contributed by atoms with van der Waals surface area (Å²) >= 11 is 0. The normalized spacial score (nSPS) is 15.4. The minimum Gasteiger partial charge on any atom is -0.341 e. The Morgan fingerprint density at radius 3 is 2.60 bits per heavy atom. The van der Waals surface area contributed by atoms with Gasteiger partial charge >= 0.3 is 0 Å². The lowest BCUT2D eigenvalue weighted by atomic mass is 10.1. The van der Waals surface area contributed by atoms with Crippen molar-refractivity contribution in [2.24, 2.45) is 0 Å². The van der Waals surface area contributed by atoms with Gasteiger partial charge in [-0.05, 0) is 12.8 Å². The standard InChI is InChI=1S/C17H21N5O3/c23-16(20-9-4-2-1-3-5-10-20)12-21-13-18-17(19-21)14-7-6-8-15(11-14)22(24)25/h6-8,11,13H,1-5,9-10,12H2. The summed E-state index contributed by atoms with van der Waals surface area (Å²) in [6.07, 6.45) is 7.17. The van der Waals surface area contributed by atoms with Crippen LogP contribution in [-0.2, 0) is 11.3 Å². The first kappa shape index (κ1) is 17.1. The van der Waals surface area contributed by atoms with Gasteiger partial charge in [-0.2, -0.15) is 5.10 Å². The van der Waals surface area contributed by atoms with E-state index in [0.29, 0.717) is 11.4 Å². The molecule has 3 rings (SSSR count). The Morgan fingerprint density at radius 2 is 1.88 bits per heavy atom. The van der Waals surface area contributed by atoms with Crippen LogP contribution in [-0.4, -0.2) is 43.6 Å². The van der Waals surface area contributed by atoms with Crippen LogP contribution in [0.25, 0.3) is 11.4 Å². The Morgan fingerprint density at radius 1 is 1.16 bits per heavy atom. The fourth-order valence-corrected chi connectivity index (χ4v) is 3.00. The van der Waals surface area contributed by atoms with Crippen LogP contribution in [0.2, 0.25) is 0 Å². The zero-order chi connectivity index (χ0) is 17.6. The first-order valence-electron chi connectivity index (χ1n) is 8.55. The van der Waals surface area contributed by atoms with Crippen molar-refractivity contribution in [3.63, 3.8) is 0 Å². The van der Waals surface area contributed by atoms with Crippen molar-refractivity contribution >= 4 is 11.6 Å². The number of amides is 1. The molecule has 2 aromatic rings. The molecule has 0 N–H and O–H groups in total.